The van der Waals surface area contributed by atoms with Crippen molar-refractivity contribution in [1.29, 1.82) is 0 Å². The van der Waals surface area contributed by atoms with Gasteiger partial charge in [0.15, 0.2) is 4.96 Å². The van der Waals surface area contributed by atoms with Crippen molar-refractivity contribution in [3.05, 3.63) is 17.3 Å². The van der Waals surface area contributed by atoms with Crippen molar-refractivity contribution < 1.29 is 5.11 Å². The molecule has 1 aliphatic rings. The first-order chi connectivity index (χ1) is 8.78. The van der Waals surface area contributed by atoms with Crippen molar-refractivity contribution >= 4 is 28.1 Å². The van der Waals surface area contributed by atoms with E-state index in [2.05, 4.69) is 11.9 Å². The van der Waals surface area contributed by atoms with Crippen LogP contribution in [0.5, 0.6) is 0 Å². The number of thiazole rings is 1. The monoisotopic (exact) mass is 282 g/mol. The molecule has 0 aromatic carbocycles. The molecule has 1 N–H and O–H groups in total. The first-order valence-corrected chi connectivity index (χ1v) is 8.26. The van der Waals surface area contributed by atoms with Crippen molar-refractivity contribution in [2.24, 2.45) is 5.92 Å². The van der Waals surface area contributed by atoms with Gasteiger partial charge < -0.3 is 5.11 Å². The van der Waals surface area contributed by atoms with Crippen molar-refractivity contribution in [3.63, 3.8) is 0 Å². The highest BCUT2D eigenvalue weighted by atomic mass is 32.2. The average molecular weight is 282 g/mol. The lowest BCUT2D eigenvalue weighted by atomic mass is 9.91. The molecule has 0 saturated heterocycles. The molecule has 0 amide bonds. The van der Waals surface area contributed by atoms with E-state index in [1.807, 2.05) is 27.7 Å². The maximum Gasteiger partial charge on any atom is 0.195 e. The minimum Gasteiger partial charge on any atom is -0.390 e. The van der Waals surface area contributed by atoms with Crippen LogP contribution in [0.1, 0.15) is 38.3 Å². The van der Waals surface area contributed by atoms with Crippen LogP contribution in [0.25, 0.3) is 4.96 Å². The SMILES string of the molecule is CC1CCCC(Sc2nc3sccn3c2CO)C1. The minimum atomic E-state index is 0.0719. The first kappa shape index (κ1) is 12.5. The quantitative estimate of drug-likeness (QED) is 0.935. The maximum absolute atomic E-state index is 9.54. The fourth-order valence-electron chi connectivity index (χ4n) is 2.69. The Labute approximate surface area is 115 Å². The van der Waals surface area contributed by atoms with Crippen LogP contribution >= 0.6 is 23.1 Å². The van der Waals surface area contributed by atoms with Crippen molar-refractivity contribution in [1.82, 2.24) is 9.38 Å². The first-order valence-electron chi connectivity index (χ1n) is 6.50. The van der Waals surface area contributed by atoms with Gasteiger partial charge in [0.05, 0.1) is 12.3 Å². The van der Waals surface area contributed by atoms with Gasteiger partial charge in [-0.1, -0.05) is 19.8 Å². The van der Waals surface area contributed by atoms with E-state index in [1.54, 1.807) is 11.3 Å². The number of fused-ring (bicyclic) bond motifs is 1. The zero-order chi connectivity index (χ0) is 12.5. The molecule has 2 atom stereocenters. The van der Waals surface area contributed by atoms with E-state index in [1.165, 1.54) is 25.7 Å². The van der Waals surface area contributed by atoms with Crippen LogP contribution in [0.2, 0.25) is 0 Å². The number of nitrogens with zero attached hydrogens (tertiary/aromatic N) is 2. The number of hydrogen-bond acceptors (Lipinski definition) is 4. The Morgan fingerprint density at radius 1 is 1.56 bits per heavy atom. The fourth-order valence-corrected chi connectivity index (χ4v) is 4.95. The van der Waals surface area contributed by atoms with E-state index in [4.69, 9.17) is 0 Å². The molecule has 2 aromatic heterocycles. The third-order valence-electron chi connectivity index (χ3n) is 3.64. The second-order valence-electron chi connectivity index (χ2n) is 5.09. The van der Waals surface area contributed by atoms with Crippen molar-refractivity contribution in [2.45, 2.75) is 49.5 Å². The Morgan fingerprint density at radius 3 is 3.22 bits per heavy atom. The molecule has 0 bridgehead atoms. The lowest BCUT2D eigenvalue weighted by Crippen LogP contribution is -2.15. The summed E-state index contributed by atoms with van der Waals surface area (Å²) in [6, 6.07) is 0. The number of aliphatic hydroxyl groups excluding tert-OH is 1. The van der Waals surface area contributed by atoms with E-state index in [9.17, 15) is 5.11 Å². The van der Waals surface area contributed by atoms with Gasteiger partial charge in [-0.05, 0) is 18.8 Å². The molecule has 98 valence electrons. The smallest absolute Gasteiger partial charge is 0.195 e. The highest BCUT2D eigenvalue weighted by Gasteiger charge is 2.23. The van der Waals surface area contributed by atoms with Gasteiger partial charge in [-0.15, -0.1) is 23.1 Å². The molecule has 0 spiro atoms. The maximum atomic E-state index is 9.54. The van der Waals surface area contributed by atoms with Gasteiger partial charge in [-0.25, -0.2) is 4.98 Å². The number of hydrogen-bond donors (Lipinski definition) is 1. The summed E-state index contributed by atoms with van der Waals surface area (Å²) >= 11 is 3.49. The van der Waals surface area contributed by atoms with Crippen molar-refractivity contribution in [3.8, 4) is 0 Å². The molecule has 0 radical (unpaired) electrons. The molecule has 1 aliphatic carbocycles. The number of imidazole rings is 1. The normalized spacial score (nSPS) is 24.8. The summed E-state index contributed by atoms with van der Waals surface area (Å²) in [5.74, 6) is 0.831. The number of aliphatic hydroxyl groups is 1. The predicted octanol–water partition coefficient (Wildman–Crippen LogP) is 3.56. The van der Waals surface area contributed by atoms with Crippen molar-refractivity contribution in [2.75, 3.05) is 0 Å². The molecule has 2 unspecified atom stereocenters. The lowest BCUT2D eigenvalue weighted by molar-refractivity contribution is 0.272. The molecule has 3 rings (SSSR count). The van der Waals surface area contributed by atoms with E-state index in [0.717, 1.165) is 21.6 Å². The van der Waals surface area contributed by atoms with E-state index in [-0.39, 0.29) is 6.61 Å². The summed E-state index contributed by atoms with van der Waals surface area (Å²) in [7, 11) is 0. The van der Waals surface area contributed by atoms with Gasteiger partial charge in [-0.2, -0.15) is 0 Å². The summed E-state index contributed by atoms with van der Waals surface area (Å²) < 4.78 is 2.01. The zero-order valence-corrected chi connectivity index (χ0v) is 12.1. The summed E-state index contributed by atoms with van der Waals surface area (Å²) in [4.78, 5) is 5.64. The van der Waals surface area contributed by atoms with Gasteiger partial charge in [0.2, 0.25) is 0 Å². The Morgan fingerprint density at radius 2 is 2.44 bits per heavy atom. The second-order valence-corrected chi connectivity index (χ2v) is 7.25. The van der Waals surface area contributed by atoms with Crippen LogP contribution in [0.3, 0.4) is 0 Å². The summed E-state index contributed by atoms with van der Waals surface area (Å²) in [5, 5.41) is 13.2. The van der Waals surface area contributed by atoms with E-state index >= 15 is 0 Å². The van der Waals surface area contributed by atoms with E-state index in [0.29, 0.717) is 5.25 Å². The Hall–Kier alpha value is -0.520. The third kappa shape index (κ3) is 2.31. The van der Waals surface area contributed by atoms with Crippen LogP contribution < -0.4 is 0 Å². The minimum absolute atomic E-state index is 0.0719. The molecule has 1 saturated carbocycles. The molecule has 1 fully saturated rings. The standard InChI is InChI=1S/C13H18N2OS2/c1-9-3-2-4-10(7-9)18-12-11(8-16)15-5-6-17-13(15)14-12/h5-6,9-10,16H,2-4,7-8H2,1H3. The van der Waals surface area contributed by atoms with Crippen LogP contribution in [0, 0.1) is 5.92 Å². The van der Waals surface area contributed by atoms with Crippen LogP contribution in [-0.4, -0.2) is 19.7 Å². The molecule has 5 heteroatoms. The molecule has 3 nitrogen and oxygen atoms in total. The Kier molecular flexibility index (Phi) is 3.63. The van der Waals surface area contributed by atoms with Gasteiger partial charge in [0.25, 0.3) is 0 Å². The highest BCUT2D eigenvalue weighted by molar-refractivity contribution is 7.99. The molecular formula is C13H18N2OS2. The molecule has 2 aromatic rings. The van der Waals surface area contributed by atoms with E-state index < -0.39 is 0 Å². The average Bonchev–Trinajstić information content (AvgIpc) is 2.89. The molecule has 2 heterocycles. The number of rotatable bonds is 3. The largest absolute Gasteiger partial charge is 0.390 e. The zero-order valence-electron chi connectivity index (χ0n) is 10.5. The van der Waals surface area contributed by atoms with Crippen LogP contribution in [0.15, 0.2) is 16.6 Å². The topological polar surface area (TPSA) is 37.5 Å². The molecule has 18 heavy (non-hydrogen) atoms. The Bertz CT molecular complexity index is 534. The van der Waals surface area contributed by atoms with Gasteiger partial charge in [0.1, 0.15) is 5.03 Å². The highest BCUT2D eigenvalue weighted by Crippen LogP contribution is 2.37. The Balaban J connectivity index is 1.83. The number of aromatic nitrogens is 2. The summed E-state index contributed by atoms with van der Waals surface area (Å²) in [6.45, 7) is 2.41. The second kappa shape index (κ2) is 5.23. The van der Waals surface area contributed by atoms with Gasteiger partial charge >= 0.3 is 0 Å². The molecule has 0 aliphatic heterocycles. The lowest BCUT2D eigenvalue weighted by Gasteiger charge is -2.25. The van der Waals surface area contributed by atoms with Crippen LogP contribution in [0.4, 0.5) is 0 Å². The summed E-state index contributed by atoms with van der Waals surface area (Å²) in [5.41, 5.74) is 0.953. The molecular weight excluding hydrogens is 264 g/mol. The fraction of sp³-hybridized carbons (Fsp3) is 0.615. The predicted molar refractivity (Wildman–Crippen MR) is 76.3 cm³/mol. The summed E-state index contributed by atoms with van der Waals surface area (Å²) in [6.07, 6.45) is 7.25. The number of thioether (sulfide) groups is 1. The van der Waals surface area contributed by atoms with Crippen LogP contribution in [-0.2, 0) is 6.61 Å². The van der Waals surface area contributed by atoms with Gasteiger partial charge in [-0.3, -0.25) is 4.40 Å². The third-order valence-corrected chi connectivity index (χ3v) is 5.71. The van der Waals surface area contributed by atoms with Gasteiger partial charge in [0, 0.05) is 16.8 Å².